The predicted octanol–water partition coefficient (Wildman–Crippen LogP) is 3.62. The molecule has 1 heterocycles. The van der Waals surface area contributed by atoms with Crippen molar-refractivity contribution in [3.8, 4) is 5.75 Å². The van der Waals surface area contributed by atoms with Gasteiger partial charge in [-0.25, -0.2) is 4.79 Å². The van der Waals surface area contributed by atoms with Gasteiger partial charge in [0, 0.05) is 5.69 Å². The number of aromatic nitrogens is 3. The lowest BCUT2D eigenvalue weighted by Crippen LogP contribution is -2.16. The Morgan fingerprint density at radius 2 is 1.70 bits per heavy atom. The van der Waals surface area contributed by atoms with Gasteiger partial charge < -0.3 is 20.5 Å². The molecule has 0 radical (unpaired) electrons. The topological polar surface area (TPSA) is 112 Å². The van der Waals surface area contributed by atoms with Crippen LogP contribution in [0.25, 0.3) is 0 Å². The largest absolute Gasteiger partial charge is 0.482 e. The molecular weight excluding hydrogens is 382 g/mol. The number of benzene rings is 2. The van der Waals surface area contributed by atoms with Crippen LogP contribution in [0.1, 0.15) is 32.2 Å². The van der Waals surface area contributed by atoms with Gasteiger partial charge >= 0.3 is 5.97 Å². The van der Waals surface area contributed by atoms with Crippen LogP contribution in [0, 0.1) is 0 Å². The number of para-hydroxylation sites is 1. The van der Waals surface area contributed by atoms with E-state index >= 15 is 0 Å². The molecule has 156 valence electrons. The summed E-state index contributed by atoms with van der Waals surface area (Å²) in [5.41, 5.74) is 7.77. The molecule has 3 aromatic rings. The van der Waals surface area contributed by atoms with E-state index in [1.54, 1.807) is 0 Å². The highest BCUT2D eigenvalue weighted by Crippen LogP contribution is 2.24. The van der Waals surface area contributed by atoms with E-state index in [0.29, 0.717) is 5.75 Å². The van der Waals surface area contributed by atoms with Crippen LogP contribution in [-0.2, 0) is 21.6 Å². The Bertz CT molecular complexity index is 986. The molecule has 0 fully saturated rings. The molecule has 0 unspecified atom stereocenters. The van der Waals surface area contributed by atoms with E-state index in [-0.39, 0.29) is 36.3 Å². The molecule has 30 heavy (non-hydrogen) atoms. The number of hydrogen-bond acceptors (Lipinski definition) is 8. The summed E-state index contributed by atoms with van der Waals surface area (Å²) < 4.78 is 10.7. The Kier molecular flexibility index (Phi) is 6.46. The van der Waals surface area contributed by atoms with Crippen LogP contribution in [0.15, 0.2) is 54.6 Å². The maximum absolute atomic E-state index is 12.0. The number of hydrogen-bond donors (Lipinski definition) is 2. The lowest BCUT2D eigenvalue weighted by molar-refractivity contribution is -0.147. The van der Waals surface area contributed by atoms with Crippen molar-refractivity contribution in [1.29, 1.82) is 0 Å². The van der Waals surface area contributed by atoms with Crippen molar-refractivity contribution in [1.82, 2.24) is 15.0 Å². The SMILES string of the molecule is CC(C)(C)c1ccc(OCC(=O)OCc2nc(N)nc(Nc3ccccc3)n2)cc1. The van der Waals surface area contributed by atoms with Gasteiger partial charge in [-0.2, -0.15) is 15.0 Å². The monoisotopic (exact) mass is 407 g/mol. The Balaban J connectivity index is 1.52. The van der Waals surface area contributed by atoms with E-state index in [0.717, 1.165) is 5.69 Å². The molecule has 0 amide bonds. The predicted molar refractivity (Wildman–Crippen MR) is 114 cm³/mol. The summed E-state index contributed by atoms with van der Waals surface area (Å²) in [6.45, 7) is 6.05. The van der Waals surface area contributed by atoms with E-state index in [2.05, 4.69) is 41.0 Å². The fourth-order valence-corrected chi connectivity index (χ4v) is 2.59. The molecule has 0 saturated heterocycles. The van der Waals surface area contributed by atoms with Crippen LogP contribution in [0.2, 0.25) is 0 Å². The third-order valence-electron chi connectivity index (χ3n) is 4.17. The highest BCUT2D eigenvalue weighted by molar-refractivity contribution is 5.71. The highest BCUT2D eigenvalue weighted by Gasteiger charge is 2.14. The van der Waals surface area contributed by atoms with Crippen molar-refractivity contribution < 1.29 is 14.3 Å². The van der Waals surface area contributed by atoms with E-state index in [9.17, 15) is 4.79 Å². The van der Waals surface area contributed by atoms with Gasteiger partial charge in [-0.3, -0.25) is 0 Å². The lowest BCUT2D eigenvalue weighted by atomic mass is 9.87. The lowest BCUT2D eigenvalue weighted by Gasteiger charge is -2.19. The molecule has 0 spiro atoms. The first-order chi connectivity index (χ1) is 14.3. The fourth-order valence-electron chi connectivity index (χ4n) is 2.59. The van der Waals surface area contributed by atoms with E-state index < -0.39 is 5.97 Å². The second kappa shape index (κ2) is 9.21. The molecule has 0 saturated carbocycles. The molecule has 0 atom stereocenters. The summed E-state index contributed by atoms with van der Waals surface area (Å²) in [7, 11) is 0. The number of nitrogen functional groups attached to an aromatic ring is 1. The zero-order valence-electron chi connectivity index (χ0n) is 17.3. The number of anilines is 3. The van der Waals surface area contributed by atoms with Gasteiger partial charge in [-0.1, -0.05) is 51.1 Å². The molecule has 8 nitrogen and oxygen atoms in total. The number of esters is 1. The number of ether oxygens (including phenoxy) is 2. The summed E-state index contributed by atoms with van der Waals surface area (Å²) in [6.07, 6.45) is 0. The smallest absolute Gasteiger partial charge is 0.344 e. The minimum atomic E-state index is -0.536. The van der Waals surface area contributed by atoms with Crippen molar-refractivity contribution >= 4 is 23.6 Å². The van der Waals surface area contributed by atoms with E-state index in [4.69, 9.17) is 15.2 Å². The van der Waals surface area contributed by atoms with Gasteiger partial charge in [-0.05, 0) is 35.2 Å². The first kappa shape index (κ1) is 21.0. The summed E-state index contributed by atoms with van der Waals surface area (Å²) in [5.74, 6) is 0.605. The quantitative estimate of drug-likeness (QED) is 0.571. The molecule has 3 N–H and O–H groups in total. The Morgan fingerprint density at radius 3 is 2.37 bits per heavy atom. The van der Waals surface area contributed by atoms with Crippen LogP contribution in [-0.4, -0.2) is 27.5 Å². The maximum Gasteiger partial charge on any atom is 0.344 e. The van der Waals surface area contributed by atoms with Crippen LogP contribution in [0.3, 0.4) is 0 Å². The fraction of sp³-hybridized carbons (Fsp3) is 0.273. The first-order valence-corrected chi connectivity index (χ1v) is 9.51. The van der Waals surface area contributed by atoms with Crippen LogP contribution < -0.4 is 15.8 Å². The summed E-state index contributed by atoms with van der Waals surface area (Å²) >= 11 is 0. The minimum Gasteiger partial charge on any atom is -0.482 e. The minimum absolute atomic E-state index is 0.0321. The van der Waals surface area contributed by atoms with Crippen molar-refractivity contribution in [3.05, 3.63) is 66.0 Å². The van der Waals surface area contributed by atoms with Crippen molar-refractivity contribution in [2.75, 3.05) is 17.7 Å². The van der Waals surface area contributed by atoms with Crippen LogP contribution in [0.4, 0.5) is 17.6 Å². The Labute approximate surface area is 175 Å². The van der Waals surface area contributed by atoms with Gasteiger partial charge in [0.2, 0.25) is 11.9 Å². The van der Waals surface area contributed by atoms with E-state index in [1.165, 1.54) is 5.56 Å². The molecule has 8 heteroatoms. The summed E-state index contributed by atoms with van der Waals surface area (Å²) in [5, 5.41) is 3.03. The number of nitrogens with zero attached hydrogens (tertiary/aromatic N) is 3. The maximum atomic E-state index is 12.0. The number of carbonyl (C=O) groups is 1. The molecule has 0 bridgehead atoms. The third kappa shape index (κ3) is 6.16. The number of rotatable bonds is 7. The van der Waals surface area contributed by atoms with Crippen LogP contribution >= 0.6 is 0 Å². The first-order valence-electron chi connectivity index (χ1n) is 9.51. The molecule has 0 aliphatic rings. The van der Waals surface area contributed by atoms with Gasteiger partial charge in [0.25, 0.3) is 0 Å². The summed E-state index contributed by atoms with van der Waals surface area (Å²) in [6, 6.07) is 17.0. The van der Waals surface area contributed by atoms with E-state index in [1.807, 2.05) is 54.6 Å². The molecule has 3 rings (SSSR count). The third-order valence-corrected chi connectivity index (χ3v) is 4.17. The molecule has 0 aliphatic carbocycles. The second-order valence-corrected chi connectivity index (χ2v) is 7.65. The Morgan fingerprint density at radius 1 is 1.00 bits per heavy atom. The van der Waals surface area contributed by atoms with Gasteiger partial charge in [0.1, 0.15) is 5.75 Å². The molecule has 1 aromatic heterocycles. The average molecular weight is 407 g/mol. The average Bonchev–Trinajstić information content (AvgIpc) is 2.71. The standard InChI is InChI=1S/C22H25N5O3/c1-22(2,3)15-9-11-17(12-10-15)29-14-19(28)30-13-18-25-20(23)27-21(26-18)24-16-7-5-4-6-8-16/h4-12H,13-14H2,1-3H3,(H3,23,24,25,26,27). The number of nitrogens with one attached hydrogen (secondary N) is 1. The molecular formula is C22H25N5O3. The van der Waals surface area contributed by atoms with Gasteiger partial charge in [0.05, 0.1) is 0 Å². The second-order valence-electron chi connectivity index (χ2n) is 7.65. The molecule has 2 aromatic carbocycles. The van der Waals surface area contributed by atoms with Crippen LogP contribution in [0.5, 0.6) is 5.75 Å². The molecule has 0 aliphatic heterocycles. The zero-order valence-corrected chi connectivity index (χ0v) is 17.3. The van der Waals surface area contributed by atoms with Gasteiger partial charge in [0.15, 0.2) is 19.0 Å². The zero-order chi connectivity index (χ0) is 21.6. The summed E-state index contributed by atoms with van der Waals surface area (Å²) in [4.78, 5) is 24.3. The van der Waals surface area contributed by atoms with Gasteiger partial charge in [-0.15, -0.1) is 0 Å². The van der Waals surface area contributed by atoms with Crippen molar-refractivity contribution in [2.24, 2.45) is 0 Å². The Hall–Kier alpha value is -3.68. The van der Waals surface area contributed by atoms with Crippen molar-refractivity contribution in [3.63, 3.8) is 0 Å². The number of carbonyl (C=O) groups excluding carboxylic acids is 1. The highest BCUT2D eigenvalue weighted by atomic mass is 16.6. The normalized spacial score (nSPS) is 11.0. The van der Waals surface area contributed by atoms with Crippen molar-refractivity contribution in [2.45, 2.75) is 32.8 Å². The number of nitrogens with two attached hydrogens (primary N) is 1.